The van der Waals surface area contributed by atoms with Crippen LogP contribution in [0.5, 0.6) is 11.5 Å². The Kier molecular flexibility index (Phi) is 4.04. The van der Waals surface area contributed by atoms with Gasteiger partial charge in [-0.3, -0.25) is 9.59 Å². The summed E-state index contributed by atoms with van der Waals surface area (Å²) in [4.78, 5) is 21.1. The first-order valence-electron chi connectivity index (χ1n) is 4.54. The van der Waals surface area contributed by atoms with Gasteiger partial charge in [-0.05, 0) is 12.1 Å². The molecule has 0 atom stereocenters. The van der Waals surface area contributed by atoms with Gasteiger partial charge in [-0.2, -0.15) is 5.10 Å². The summed E-state index contributed by atoms with van der Waals surface area (Å²) in [6, 6.07) is 4.53. The average Bonchev–Trinajstić information content (AvgIpc) is 2.30. The SMILES string of the molecule is COc1ccc(/C=N/NC(=O)C(N)=O)c(O)c1. The molecule has 2 amide bonds. The molecule has 90 valence electrons. The first-order chi connectivity index (χ1) is 8.04. The predicted molar refractivity (Wildman–Crippen MR) is 59.6 cm³/mol. The summed E-state index contributed by atoms with van der Waals surface area (Å²) >= 11 is 0. The molecule has 0 fully saturated rings. The molecule has 0 saturated heterocycles. The second kappa shape index (κ2) is 5.50. The molecule has 1 aromatic carbocycles. The van der Waals surface area contributed by atoms with Crippen LogP contribution >= 0.6 is 0 Å². The maximum Gasteiger partial charge on any atom is 0.329 e. The molecule has 0 heterocycles. The van der Waals surface area contributed by atoms with Crippen molar-refractivity contribution in [3.63, 3.8) is 0 Å². The van der Waals surface area contributed by atoms with E-state index in [0.29, 0.717) is 11.3 Å². The summed E-state index contributed by atoms with van der Waals surface area (Å²) in [6.45, 7) is 0. The molecule has 0 saturated carbocycles. The summed E-state index contributed by atoms with van der Waals surface area (Å²) < 4.78 is 4.89. The highest BCUT2D eigenvalue weighted by Gasteiger charge is 2.06. The minimum Gasteiger partial charge on any atom is -0.507 e. The molecular weight excluding hydrogens is 226 g/mol. The second-order valence-electron chi connectivity index (χ2n) is 2.99. The highest BCUT2D eigenvalue weighted by molar-refractivity contribution is 6.34. The van der Waals surface area contributed by atoms with Crippen molar-refractivity contribution in [2.45, 2.75) is 0 Å². The quantitative estimate of drug-likeness (QED) is 0.367. The number of amides is 2. The number of rotatable bonds is 3. The number of nitrogens with zero attached hydrogens (tertiary/aromatic N) is 1. The van der Waals surface area contributed by atoms with Crippen LogP contribution in [0.15, 0.2) is 23.3 Å². The average molecular weight is 237 g/mol. The third-order valence-corrected chi connectivity index (χ3v) is 1.83. The highest BCUT2D eigenvalue weighted by atomic mass is 16.5. The van der Waals surface area contributed by atoms with Gasteiger partial charge in [0.1, 0.15) is 11.5 Å². The normalized spacial score (nSPS) is 10.2. The second-order valence-corrected chi connectivity index (χ2v) is 2.99. The lowest BCUT2D eigenvalue weighted by molar-refractivity contribution is -0.137. The highest BCUT2D eigenvalue weighted by Crippen LogP contribution is 2.21. The van der Waals surface area contributed by atoms with E-state index in [0.717, 1.165) is 0 Å². The van der Waals surface area contributed by atoms with Crippen LogP contribution in [-0.4, -0.2) is 30.2 Å². The van der Waals surface area contributed by atoms with Crippen molar-refractivity contribution in [2.75, 3.05) is 7.11 Å². The number of carbonyl (C=O) groups excluding carboxylic acids is 2. The fourth-order valence-corrected chi connectivity index (χ4v) is 0.975. The van der Waals surface area contributed by atoms with E-state index in [9.17, 15) is 14.7 Å². The zero-order chi connectivity index (χ0) is 12.8. The van der Waals surface area contributed by atoms with Crippen LogP contribution in [0.1, 0.15) is 5.56 Å². The number of hydrazone groups is 1. The molecule has 0 aliphatic rings. The number of hydrogen-bond acceptors (Lipinski definition) is 5. The molecule has 0 unspecified atom stereocenters. The number of ether oxygens (including phenoxy) is 1. The molecule has 1 aromatic rings. The van der Waals surface area contributed by atoms with Crippen molar-refractivity contribution in [1.82, 2.24) is 5.43 Å². The lowest BCUT2D eigenvalue weighted by Gasteiger charge is -2.02. The smallest absolute Gasteiger partial charge is 0.329 e. The number of methoxy groups -OCH3 is 1. The first kappa shape index (κ1) is 12.5. The summed E-state index contributed by atoms with van der Waals surface area (Å²) in [6.07, 6.45) is 1.18. The van der Waals surface area contributed by atoms with Gasteiger partial charge in [0.2, 0.25) is 0 Å². The molecule has 0 aliphatic carbocycles. The molecule has 0 spiro atoms. The van der Waals surface area contributed by atoms with Crippen LogP contribution in [0.25, 0.3) is 0 Å². The maximum absolute atomic E-state index is 10.7. The Bertz CT molecular complexity index is 471. The van der Waals surface area contributed by atoms with Gasteiger partial charge >= 0.3 is 11.8 Å². The van der Waals surface area contributed by atoms with E-state index in [1.54, 1.807) is 6.07 Å². The lowest BCUT2D eigenvalue weighted by atomic mass is 10.2. The number of phenols is 1. The summed E-state index contributed by atoms with van der Waals surface area (Å²) in [5.41, 5.74) is 6.95. The number of phenolic OH excluding ortho intramolecular Hbond substituents is 1. The summed E-state index contributed by atoms with van der Waals surface area (Å²) in [7, 11) is 1.47. The van der Waals surface area contributed by atoms with E-state index < -0.39 is 11.8 Å². The molecule has 7 heteroatoms. The van der Waals surface area contributed by atoms with Gasteiger partial charge in [-0.1, -0.05) is 0 Å². The molecule has 0 aliphatic heterocycles. The summed E-state index contributed by atoms with van der Waals surface area (Å²) in [5, 5.41) is 13.0. The van der Waals surface area contributed by atoms with E-state index in [-0.39, 0.29) is 5.75 Å². The molecule has 1 rings (SSSR count). The van der Waals surface area contributed by atoms with Crippen molar-refractivity contribution < 1.29 is 19.4 Å². The molecule has 0 bridgehead atoms. The van der Waals surface area contributed by atoms with Gasteiger partial charge in [-0.15, -0.1) is 0 Å². The van der Waals surface area contributed by atoms with Crippen molar-refractivity contribution in [1.29, 1.82) is 0 Å². The fourth-order valence-electron chi connectivity index (χ4n) is 0.975. The van der Waals surface area contributed by atoms with Crippen LogP contribution in [0, 0.1) is 0 Å². The number of primary amides is 1. The van der Waals surface area contributed by atoms with Crippen LogP contribution in [0.3, 0.4) is 0 Å². The van der Waals surface area contributed by atoms with Gasteiger partial charge in [0, 0.05) is 11.6 Å². The van der Waals surface area contributed by atoms with Crippen molar-refractivity contribution in [3.05, 3.63) is 23.8 Å². The van der Waals surface area contributed by atoms with Crippen molar-refractivity contribution in [2.24, 2.45) is 10.8 Å². The minimum atomic E-state index is -1.14. The number of benzene rings is 1. The first-order valence-corrected chi connectivity index (χ1v) is 4.54. The van der Waals surface area contributed by atoms with Gasteiger partial charge in [0.05, 0.1) is 13.3 Å². The minimum absolute atomic E-state index is 0.0681. The van der Waals surface area contributed by atoms with Crippen LogP contribution in [-0.2, 0) is 9.59 Å². The van der Waals surface area contributed by atoms with E-state index >= 15 is 0 Å². The number of carbonyl (C=O) groups is 2. The third-order valence-electron chi connectivity index (χ3n) is 1.83. The lowest BCUT2D eigenvalue weighted by Crippen LogP contribution is -2.32. The van der Waals surface area contributed by atoms with E-state index in [1.165, 1.54) is 25.5 Å². The molecule has 17 heavy (non-hydrogen) atoms. The Balaban J connectivity index is 2.72. The van der Waals surface area contributed by atoms with Crippen molar-refractivity contribution in [3.8, 4) is 11.5 Å². The molecular formula is C10H11N3O4. The zero-order valence-corrected chi connectivity index (χ0v) is 9.01. The Morgan fingerprint density at radius 2 is 2.24 bits per heavy atom. The number of aromatic hydroxyl groups is 1. The number of hydrogen-bond donors (Lipinski definition) is 3. The number of nitrogens with two attached hydrogens (primary N) is 1. The van der Waals surface area contributed by atoms with Gasteiger partial charge in [-0.25, -0.2) is 5.43 Å². The van der Waals surface area contributed by atoms with Gasteiger partial charge < -0.3 is 15.6 Å². The Hall–Kier alpha value is -2.57. The monoisotopic (exact) mass is 237 g/mol. The molecule has 0 radical (unpaired) electrons. The predicted octanol–water partition coefficient (Wildman–Crippen LogP) is -0.664. The molecule has 7 nitrogen and oxygen atoms in total. The standard InChI is InChI=1S/C10H11N3O4/c1-17-7-3-2-6(8(14)4-7)5-12-13-10(16)9(11)15/h2-5,14H,1H3,(H2,11,15)(H,13,16)/b12-5+. The largest absolute Gasteiger partial charge is 0.507 e. The number of nitrogens with one attached hydrogen (secondary N) is 1. The van der Waals surface area contributed by atoms with E-state index in [4.69, 9.17) is 10.5 Å². The van der Waals surface area contributed by atoms with Crippen LogP contribution in [0.2, 0.25) is 0 Å². The summed E-state index contributed by atoms with van der Waals surface area (Å²) in [5.74, 6) is -1.75. The molecule has 0 aromatic heterocycles. The van der Waals surface area contributed by atoms with Gasteiger partial charge in [0.15, 0.2) is 0 Å². The van der Waals surface area contributed by atoms with E-state index in [1.807, 2.05) is 5.43 Å². The zero-order valence-electron chi connectivity index (χ0n) is 9.01. The Labute approximate surface area is 96.9 Å². The molecule has 4 N–H and O–H groups in total. The van der Waals surface area contributed by atoms with E-state index in [2.05, 4.69) is 5.10 Å². The van der Waals surface area contributed by atoms with Crippen molar-refractivity contribution >= 4 is 18.0 Å². The Morgan fingerprint density at radius 3 is 2.76 bits per heavy atom. The van der Waals surface area contributed by atoms with Crippen LogP contribution in [0.4, 0.5) is 0 Å². The third kappa shape index (κ3) is 3.49. The fraction of sp³-hybridized carbons (Fsp3) is 0.100. The maximum atomic E-state index is 10.7. The van der Waals surface area contributed by atoms with Crippen LogP contribution < -0.4 is 15.9 Å². The van der Waals surface area contributed by atoms with Gasteiger partial charge in [0.25, 0.3) is 0 Å². The Morgan fingerprint density at radius 1 is 1.53 bits per heavy atom. The topological polar surface area (TPSA) is 114 Å².